The van der Waals surface area contributed by atoms with Crippen LogP contribution >= 0.6 is 0 Å². The van der Waals surface area contributed by atoms with Crippen LogP contribution in [0.1, 0.15) is 232 Å². The molecule has 320 valence electrons. The van der Waals surface area contributed by atoms with Crippen molar-refractivity contribution in [2.45, 2.75) is 244 Å². The van der Waals surface area contributed by atoms with Crippen molar-refractivity contribution in [3.05, 3.63) is 22.9 Å². The highest BCUT2D eigenvalue weighted by Gasteiger charge is 2.41. The molecule has 0 aliphatic carbocycles. The Morgan fingerprint density at radius 3 is 1.55 bits per heavy atom. The van der Waals surface area contributed by atoms with E-state index in [2.05, 4.69) is 28.9 Å². The zero-order valence-electron chi connectivity index (χ0n) is 35.7. The Hall–Kier alpha value is -2.75. The number of rotatable bonds is 36. The monoisotopic (exact) mass is 785 g/mol. The van der Waals surface area contributed by atoms with E-state index in [1.807, 2.05) is 0 Å². The molecule has 2 aromatic heterocycles. The minimum absolute atomic E-state index is 0.0778. The molecule has 0 aromatic carbocycles. The van der Waals surface area contributed by atoms with Crippen molar-refractivity contribution in [2.75, 3.05) is 6.61 Å². The standard InChI is InChI=1S/C46H80N4O6/c1-3-5-7-9-11-13-15-17-19-21-23-25-27-29-31-33-42(51)54-37-39-35-41(46(55-39)50-44-40(36-49-50)45(53)48-38-47-44)56-43(52)34-32-30-28-26-24-22-20-18-16-14-12-10-8-6-4-2/h36,38-39,41,46H,3-35,37H2,1-2H3,(H,47,48,53)/t39-,41+,46+/m0/s1. The molecule has 0 amide bonds. The van der Waals surface area contributed by atoms with E-state index in [1.54, 1.807) is 0 Å². The fraction of sp³-hybridized carbons (Fsp3) is 0.848. The number of aromatic amines is 1. The number of carbonyl (C=O) groups excluding carboxylic acids is 2. The molecular formula is C46H80N4O6. The molecule has 56 heavy (non-hydrogen) atoms. The van der Waals surface area contributed by atoms with Crippen molar-refractivity contribution >= 4 is 23.0 Å². The van der Waals surface area contributed by atoms with Gasteiger partial charge in [-0.25, -0.2) is 9.67 Å². The molecule has 1 N–H and O–H groups in total. The van der Waals surface area contributed by atoms with Gasteiger partial charge in [0.2, 0.25) is 0 Å². The van der Waals surface area contributed by atoms with E-state index < -0.39 is 18.4 Å². The highest BCUT2D eigenvalue weighted by Crippen LogP contribution is 2.33. The third kappa shape index (κ3) is 20.6. The number of hydrogen-bond acceptors (Lipinski definition) is 8. The Bertz CT molecular complexity index is 1340. The number of aromatic nitrogens is 4. The summed E-state index contributed by atoms with van der Waals surface area (Å²) in [6.07, 6.45) is 40.3. The zero-order valence-corrected chi connectivity index (χ0v) is 35.7. The summed E-state index contributed by atoms with van der Waals surface area (Å²) in [5.74, 6) is -0.502. The molecule has 3 rings (SSSR count). The average Bonchev–Trinajstić information content (AvgIpc) is 3.81. The molecule has 2 aromatic rings. The van der Waals surface area contributed by atoms with Crippen LogP contribution in [0.4, 0.5) is 0 Å². The topological polar surface area (TPSA) is 125 Å². The molecule has 3 heterocycles. The first-order chi connectivity index (χ1) is 27.5. The maximum Gasteiger partial charge on any atom is 0.306 e. The Balaban J connectivity index is 1.28. The van der Waals surface area contributed by atoms with Crippen molar-refractivity contribution in [1.29, 1.82) is 0 Å². The van der Waals surface area contributed by atoms with Gasteiger partial charge in [0.15, 0.2) is 18.0 Å². The molecule has 1 aliphatic rings. The Labute approximate surface area is 339 Å². The van der Waals surface area contributed by atoms with E-state index in [4.69, 9.17) is 14.2 Å². The lowest BCUT2D eigenvalue weighted by molar-refractivity contribution is -0.156. The van der Waals surface area contributed by atoms with Crippen molar-refractivity contribution < 1.29 is 23.8 Å². The van der Waals surface area contributed by atoms with Gasteiger partial charge in [0.25, 0.3) is 5.56 Å². The van der Waals surface area contributed by atoms with Crippen molar-refractivity contribution in [3.63, 3.8) is 0 Å². The lowest BCUT2D eigenvalue weighted by Crippen LogP contribution is -2.26. The van der Waals surface area contributed by atoms with Gasteiger partial charge in [-0.15, -0.1) is 0 Å². The van der Waals surface area contributed by atoms with Crippen LogP contribution in [0.2, 0.25) is 0 Å². The largest absolute Gasteiger partial charge is 0.463 e. The van der Waals surface area contributed by atoms with E-state index in [-0.39, 0.29) is 24.1 Å². The summed E-state index contributed by atoms with van der Waals surface area (Å²) in [4.78, 5) is 44.8. The quantitative estimate of drug-likeness (QED) is 0.0535. The number of unbranched alkanes of at least 4 members (excludes halogenated alkanes) is 28. The number of nitrogens with zero attached hydrogens (tertiary/aromatic N) is 3. The van der Waals surface area contributed by atoms with E-state index >= 15 is 0 Å². The second-order valence-corrected chi connectivity index (χ2v) is 16.6. The van der Waals surface area contributed by atoms with Gasteiger partial charge in [-0.05, 0) is 12.8 Å². The summed E-state index contributed by atoms with van der Waals surface area (Å²) in [5.41, 5.74) is 0.0539. The van der Waals surface area contributed by atoms with Crippen LogP contribution in [0.5, 0.6) is 0 Å². The SMILES string of the molecule is CCCCCCCCCCCCCCCCCC(=O)OC[C@@H]1C[C@@H](OC(=O)CCCCCCCCCCCCCCCCC)[C@H](n2ncc3c(=O)[nH]cnc32)O1. The zero-order chi connectivity index (χ0) is 39.9. The van der Waals surface area contributed by atoms with E-state index in [0.717, 1.165) is 38.5 Å². The van der Waals surface area contributed by atoms with Crippen molar-refractivity contribution in [3.8, 4) is 0 Å². The van der Waals surface area contributed by atoms with Gasteiger partial charge in [-0.1, -0.05) is 194 Å². The molecule has 0 unspecified atom stereocenters. The van der Waals surface area contributed by atoms with Gasteiger partial charge in [-0.3, -0.25) is 14.4 Å². The molecule has 0 saturated carbocycles. The fourth-order valence-corrected chi connectivity index (χ4v) is 7.97. The third-order valence-corrected chi connectivity index (χ3v) is 11.5. The maximum atomic E-state index is 13.0. The predicted molar refractivity (Wildman–Crippen MR) is 227 cm³/mol. The molecule has 3 atom stereocenters. The van der Waals surface area contributed by atoms with Gasteiger partial charge >= 0.3 is 11.9 Å². The summed E-state index contributed by atoms with van der Waals surface area (Å²) in [6, 6.07) is 0. The van der Waals surface area contributed by atoms with E-state index in [0.29, 0.717) is 30.3 Å². The predicted octanol–water partition coefficient (Wildman–Crippen LogP) is 12.4. The van der Waals surface area contributed by atoms with Crippen LogP contribution in [0.3, 0.4) is 0 Å². The normalized spacial score (nSPS) is 16.9. The van der Waals surface area contributed by atoms with Crippen LogP contribution in [-0.2, 0) is 23.8 Å². The second-order valence-electron chi connectivity index (χ2n) is 16.6. The Morgan fingerprint density at radius 1 is 0.661 bits per heavy atom. The van der Waals surface area contributed by atoms with Crippen LogP contribution in [0, 0.1) is 0 Å². The summed E-state index contributed by atoms with van der Waals surface area (Å²) >= 11 is 0. The minimum Gasteiger partial charge on any atom is -0.463 e. The number of esters is 2. The van der Waals surface area contributed by atoms with Gasteiger partial charge in [0.1, 0.15) is 12.0 Å². The maximum absolute atomic E-state index is 13.0. The lowest BCUT2D eigenvalue weighted by Gasteiger charge is -2.19. The van der Waals surface area contributed by atoms with Crippen molar-refractivity contribution in [1.82, 2.24) is 19.7 Å². The summed E-state index contributed by atoms with van der Waals surface area (Å²) < 4.78 is 19.4. The lowest BCUT2D eigenvalue weighted by atomic mass is 10.0. The Morgan fingerprint density at radius 2 is 1.09 bits per heavy atom. The minimum atomic E-state index is -0.772. The number of nitrogens with one attached hydrogen (secondary N) is 1. The van der Waals surface area contributed by atoms with Gasteiger partial charge < -0.3 is 19.2 Å². The highest BCUT2D eigenvalue weighted by atomic mass is 16.6. The van der Waals surface area contributed by atoms with Gasteiger partial charge in [0, 0.05) is 19.3 Å². The van der Waals surface area contributed by atoms with Crippen LogP contribution in [0.25, 0.3) is 11.0 Å². The van der Waals surface area contributed by atoms with Gasteiger partial charge in [0.05, 0.1) is 18.6 Å². The Kier molecular flexibility index (Phi) is 26.6. The molecule has 0 bridgehead atoms. The van der Waals surface area contributed by atoms with Crippen LogP contribution in [0.15, 0.2) is 17.3 Å². The first-order valence-corrected chi connectivity index (χ1v) is 23.4. The van der Waals surface area contributed by atoms with E-state index in [9.17, 15) is 14.4 Å². The number of hydrogen-bond donors (Lipinski definition) is 1. The summed E-state index contributed by atoms with van der Waals surface area (Å²) in [5, 5.41) is 4.72. The van der Waals surface area contributed by atoms with Gasteiger partial charge in [-0.2, -0.15) is 5.10 Å². The highest BCUT2D eigenvalue weighted by molar-refractivity contribution is 5.73. The molecule has 1 fully saturated rings. The molecule has 1 saturated heterocycles. The molecule has 0 radical (unpaired) electrons. The molecule has 10 nitrogen and oxygen atoms in total. The number of H-pyrrole nitrogens is 1. The number of ether oxygens (including phenoxy) is 3. The smallest absolute Gasteiger partial charge is 0.306 e. The summed E-state index contributed by atoms with van der Waals surface area (Å²) in [7, 11) is 0. The average molecular weight is 785 g/mol. The third-order valence-electron chi connectivity index (χ3n) is 11.5. The summed E-state index contributed by atoms with van der Waals surface area (Å²) in [6.45, 7) is 4.62. The number of fused-ring (bicyclic) bond motifs is 1. The molecule has 0 spiro atoms. The molecular weight excluding hydrogens is 705 g/mol. The van der Waals surface area contributed by atoms with Crippen LogP contribution in [-0.4, -0.2) is 50.5 Å². The fourth-order valence-electron chi connectivity index (χ4n) is 7.97. The van der Waals surface area contributed by atoms with E-state index in [1.165, 1.54) is 171 Å². The molecule has 1 aliphatic heterocycles. The van der Waals surface area contributed by atoms with Crippen molar-refractivity contribution in [2.24, 2.45) is 0 Å². The molecule has 10 heteroatoms. The first-order valence-electron chi connectivity index (χ1n) is 23.4. The number of carbonyl (C=O) groups is 2. The van der Waals surface area contributed by atoms with Crippen LogP contribution < -0.4 is 5.56 Å². The second kappa shape index (κ2) is 31.3. The first kappa shape index (κ1) is 47.6.